The van der Waals surface area contributed by atoms with Crippen LogP contribution in [0.2, 0.25) is 0 Å². The van der Waals surface area contributed by atoms with Gasteiger partial charge in [-0.1, -0.05) is 18.2 Å². The van der Waals surface area contributed by atoms with Gasteiger partial charge in [-0.05, 0) is 19.1 Å². The molecular weight excluding hydrogens is 268 g/mol. The highest BCUT2D eigenvalue weighted by Gasteiger charge is 2.25. The normalized spacial score (nSPS) is 13.8. The van der Waals surface area contributed by atoms with Gasteiger partial charge in [0.25, 0.3) is 5.78 Å². The van der Waals surface area contributed by atoms with Gasteiger partial charge in [-0.3, -0.25) is 4.40 Å². The largest absolute Gasteiger partial charge is 0.431 e. The lowest BCUT2D eigenvalue weighted by Crippen LogP contribution is -2.26. The number of aryl methyl sites for hydroxylation is 1. The summed E-state index contributed by atoms with van der Waals surface area (Å²) in [7, 11) is 1.84. The highest BCUT2D eigenvalue weighted by atomic mass is 16.5. The molecule has 0 unspecified atom stereocenters. The number of aromatic nitrogens is 4. The van der Waals surface area contributed by atoms with Gasteiger partial charge in [0.1, 0.15) is 6.33 Å². The van der Waals surface area contributed by atoms with Crippen LogP contribution in [-0.2, 0) is 0 Å². The number of fused-ring (bicyclic) bond motifs is 2. The lowest BCUT2D eigenvalue weighted by Gasteiger charge is -2.24. The lowest BCUT2D eigenvalue weighted by atomic mass is 10.2. The summed E-state index contributed by atoms with van der Waals surface area (Å²) in [6.45, 7) is 1.94. The summed E-state index contributed by atoms with van der Waals surface area (Å²) in [6, 6.07) is 9.77. The minimum Gasteiger partial charge on any atom is -0.431 e. The van der Waals surface area contributed by atoms with Crippen molar-refractivity contribution in [2.45, 2.75) is 6.92 Å². The number of rotatable bonds is 1. The molecule has 3 aromatic rings. The number of anilines is 1. The standard InChI is InChI=1S/C14H12N6O/c1-9-11-12(16-14-17-15-8-20(9)14)19(2)18-13(21-11)10-6-4-3-5-7-10/h3-8H,1-2H3. The number of benzene rings is 1. The summed E-state index contributed by atoms with van der Waals surface area (Å²) in [5, 5.41) is 14.0. The van der Waals surface area contributed by atoms with Gasteiger partial charge in [0.05, 0.1) is 5.69 Å². The molecule has 4 rings (SSSR count). The first-order chi connectivity index (χ1) is 10.2. The summed E-state index contributed by atoms with van der Waals surface area (Å²) < 4.78 is 7.76. The van der Waals surface area contributed by atoms with Crippen LogP contribution in [-0.4, -0.2) is 32.5 Å². The van der Waals surface area contributed by atoms with E-state index < -0.39 is 0 Å². The van der Waals surface area contributed by atoms with Gasteiger partial charge >= 0.3 is 0 Å². The van der Waals surface area contributed by atoms with Crippen LogP contribution in [0, 0.1) is 6.92 Å². The summed E-state index contributed by atoms with van der Waals surface area (Å²) >= 11 is 0. The molecule has 21 heavy (non-hydrogen) atoms. The van der Waals surface area contributed by atoms with Gasteiger partial charge in [0, 0.05) is 12.6 Å². The van der Waals surface area contributed by atoms with E-state index in [1.54, 1.807) is 15.7 Å². The molecule has 7 nitrogen and oxygen atoms in total. The Morgan fingerprint density at radius 3 is 2.76 bits per heavy atom. The van der Waals surface area contributed by atoms with Crippen LogP contribution in [0.5, 0.6) is 5.75 Å². The third kappa shape index (κ3) is 1.74. The predicted octanol–water partition coefficient (Wildman–Crippen LogP) is 1.62. The van der Waals surface area contributed by atoms with Gasteiger partial charge in [-0.25, -0.2) is 5.01 Å². The molecule has 1 aromatic carbocycles. The fourth-order valence-electron chi connectivity index (χ4n) is 2.30. The van der Waals surface area contributed by atoms with E-state index in [4.69, 9.17) is 4.74 Å². The van der Waals surface area contributed by atoms with Gasteiger partial charge in [-0.2, -0.15) is 4.98 Å². The second-order valence-electron chi connectivity index (χ2n) is 4.75. The molecule has 7 heteroatoms. The molecule has 0 amide bonds. The molecule has 0 fully saturated rings. The second kappa shape index (κ2) is 4.27. The van der Waals surface area contributed by atoms with Crippen LogP contribution in [0.3, 0.4) is 0 Å². The van der Waals surface area contributed by atoms with Gasteiger partial charge < -0.3 is 4.74 Å². The van der Waals surface area contributed by atoms with Crippen molar-refractivity contribution in [1.29, 1.82) is 0 Å². The Kier molecular flexibility index (Phi) is 2.41. The van der Waals surface area contributed by atoms with Crippen molar-refractivity contribution in [3.8, 4) is 5.75 Å². The third-order valence-electron chi connectivity index (χ3n) is 3.40. The average Bonchev–Trinajstić information content (AvgIpc) is 2.98. The van der Waals surface area contributed by atoms with Crippen molar-refractivity contribution in [2.75, 3.05) is 12.1 Å². The van der Waals surface area contributed by atoms with Gasteiger partial charge in [-0.15, -0.1) is 15.3 Å². The van der Waals surface area contributed by atoms with E-state index in [2.05, 4.69) is 20.3 Å². The zero-order valence-electron chi connectivity index (χ0n) is 11.6. The molecule has 0 bridgehead atoms. The number of ether oxygens (including phenoxy) is 1. The first-order valence-corrected chi connectivity index (χ1v) is 6.50. The number of hydrazone groups is 1. The summed E-state index contributed by atoms with van der Waals surface area (Å²) in [5.41, 5.74) is 1.80. The molecule has 104 valence electrons. The Hall–Kier alpha value is -2.96. The van der Waals surface area contributed by atoms with E-state index in [0.717, 1.165) is 11.3 Å². The van der Waals surface area contributed by atoms with Crippen molar-refractivity contribution < 1.29 is 4.74 Å². The van der Waals surface area contributed by atoms with Crippen molar-refractivity contribution in [3.05, 3.63) is 47.9 Å². The maximum atomic E-state index is 5.97. The van der Waals surface area contributed by atoms with Gasteiger partial charge in [0.15, 0.2) is 11.6 Å². The van der Waals surface area contributed by atoms with E-state index >= 15 is 0 Å². The summed E-state index contributed by atoms with van der Waals surface area (Å²) in [5.74, 6) is 2.37. The molecule has 0 N–H and O–H groups in total. The molecule has 1 aliphatic rings. The first kappa shape index (κ1) is 11.8. The molecule has 0 spiro atoms. The van der Waals surface area contributed by atoms with Crippen LogP contribution in [0.25, 0.3) is 5.78 Å². The fourth-order valence-corrected chi connectivity index (χ4v) is 2.30. The molecular formula is C14H12N6O. The lowest BCUT2D eigenvalue weighted by molar-refractivity contribution is 0.518. The molecule has 0 radical (unpaired) electrons. The number of hydrogen-bond donors (Lipinski definition) is 0. The first-order valence-electron chi connectivity index (χ1n) is 6.50. The van der Waals surface area contributed by atoms with Crippen LogP contribution in [0.15, 0.2) is 41.8 Å². The topological polar surface area (TPSA) is 67.9 Å². The average molecular weight is 280 g/mol. The Labute approximate surface area is 120 Å². The Morgan fingerprint density at radius 1 is 1.14 bits per heavy atom. The van der Waals surface area contributed by atoms with Crippen LogP contribution in [0.1, 0.15) is 11.3 Å². The predicted molar refractivity (Wildman–Crippen MR) is 77.5 cm³/mol. The maximum Gasteiger partial charge on any atom is 0.257 e. The molecule has 0 aliphatic carbocycles. The zero-order valence-corrected chi connectivity index (χ0v) is 11.6. The van der Waals surface area contributed by atoms with Crippen LogP contribution >= 0.6 is 0 Å². The number of hydrogen-bond acceptors (Lipinski definition) is 6. The zero-order chi connectivity index (χ0) is 14.4. The minimum absolute atomic E-state index is 0.528. The minimum atomic E-state index is 0.528. The van der Waals surface area contributed by atoms with E-state index in [1.807, 2.05) is 44.3 Å². The highest BCUT2D eigenvalue weighted by Crippen LogP contribution is 2.33. The molecule has 0 saturated carbocycles. The Bertz CT molecular complexity index is 855. The number of nitrogens with zero attached hydrogens (tertiary/aromatic N) is 6. The summed E-state index contributed by atoms with van der Waals surface area (Å²) in [4.78, 5) is 4.43. The molecule has 2 aromatic heterocycles. The van der Waals surface area contributed by atoms with E-state index in [9.17, 15) is 0 Å². The third-order valence-corrected chi connectivity index (χ3v) is 3.40. The molecule has 0 atom stereocenters. The maximum absolute atomic E-state index is 5.97. The quantitative estimate of drug-likeness (QED) is 0.677. The van der Waals surface area contributed by atoms with Crippen molar-refractivity contribution in [1.82, 2.24) is 19.6 Å². The molecule has 0 saturated heterocycles. The van der Waals surface area contributed by atoms with Crippen molar-refractivity contribution in [2.24, 2.45) is 5.10 Å². The Morgan fingerprint density at radius 2 is 1.95 bits per heavy atom. The van der Waals surface area contributed by atoms with E-state index in [-0.39, 0.29) is 0 Å². The fraction of sp³-hybridized carbons (Fsp3) is 0.143. The Balaban J connectivity index is 1.88. The van der Waals surface area contributed by atoms with Crippen LogP contribution in [0.4, 0.5) is 5.82 Å². The highest BCUT2D eigenvalue weighted by molar-refractivity contribution is 5.98. The molecule has 1 aliphatic heterocycles. The second-order valence-corrected chi connectivity index (χ2v) is 4.75. The molecule has 3 heterocycles. The van der Waals surface area contributed by atoms with Crippen LogP contribution < -0.4 is 9.75 Å². The smallest absolute Gasteiger partial charge is 0.257 e. The van der Waals surface area contributed by atoms with E-state index in [0.29, 0.717) is 23.2 Å². The van der Waals surface area contributed by atoms with Crippen molar-refractivity contribution in [3.63, 3.8) is 0 Å². The monoisotopic (exact) mass is 280 g/mol. The van der Waals surface area contributed by atoms with E-state index in [1.165, 1.54) is 0 Å². The van der Waals surface area contributed by atoms with Gasteiger partial charge in [0.2, 0.25) is 5.90 Å². The van der Waals surface area contributed by atoms with Crippen molar-refractivity contribution >= 4 is 17.5 Å². The summed E-state index contributed by atoms with van der Waals surface area (Å²) in [6.07, 6.45) is 1.62. The SMILES string of the molecule is Cc1c2c(nc3nncn13)N(C)N=C(c1ccccc1)O2.